The maximum Gasteiger partial charge on any atom is 0.251 e. The van der Waals surface area contributed by atoms with E-state index < -0.39 is 11.8 Å². The normalized spacial score (nSPS) is 11.2. The largest absolute Gasteiger partial charge is 0.485 e. The molecule has 4 rings (SSSR count). The van der Waals surface area contributed by atoms with E-state index in [1.165, 1.54) is 11.0 Å². The van der Waals surface area contributed by atoms with Crippen molar-refractivity contribution < 1.29 is 23.9 Å². The van der Waals surface area contributed by atoms with Gasteiger partial charge in [0.25, 0.3) is 5.91 Å². The van der Waals surface area contributed by atoms with E-state index in [0.29, 0.717) is 46.4 Å². The minimum Gasteiger partial charge on any atom is -0.485 e. The molecule has 2 aromatic carbocycles. The molecule has 0 unspecified atom stereocenters. The van der Waals surface area contributed by atoms with Crippen molar-refractivity contribution in [3.05, 3.63) is 97.8 Å². The second-order valence-electron chi connectivity index (χ2n) is 9.93. The number of likely N-dealkylation sites (N-methyl/N-ethyl adjacent to an activating group) is 1. The molecule has 0 spiro atoms. The third-order valence-electron chi connectivity index (χ3n) is 6.81. The summed E-state index contributed by atoms with van der Waals surface area (Å²) in [5.41, 5.74) is 3.60. The first-order valence-electron chi connectivity index (χ1n) is 13.9. The smallest absolute Gasteiger partial charge is 0.251 e. The van der Waals surface area contributed by atoms with Gasteiger partial charge in [-0.05, 0) is 77.3 Å². The summed E-state index contributed by atoms with van der Waals surface area (Å²) in [5, 5.41) is 6.04. The van der Waals surface area contributed by atoms with Crippen molar-refractivity contribution >= 4 is 74.3 Å². The Morgan fingerprint density at radius 1 is 1.09 bits per heavy atom. The fourth-order valence-electron chi connectivity index (χ4n) is 4.28. The summed E-state index contributed by atoms with van der Waals surface area (Å²) in [5.74, 6) is -0.490. The fraction of sp³-hybridized carbons (Fsp3) is 0.250. The van der Waals surface area contributed by atoms with Crippen molar-refractivity contribution in [3.8, 4) is 5.75 Å². The highest BCUT2D eigenvalue weighted by Crippen LogP contribution is 2.35. The molecule has 0 bridgehead atoms. The highest BCUT2D eigenvalue weighted by atomic mass is 79.9. The molecular formula is C32H32BrCl2N5O5. The van der Waals surface area contributed by atoms with Crippen molar-refractivity contribution in [1.29, 1.82) is 0 Å². The van der Waals surface area contributed by atoms with Crippen LogP contribution in [0.25, 0.3) is 11.7 Å². The van der Waals surface area contributed by atoms with E-state index >= 15 is 0 Å². The first-order valence-corrected chi connectivity index (χ1v) is 15.5. The zero-order chi connectivity index (χ0) is 32.5. The predicted molar refractivity (Wildman–Crippen MR) is 179 cm³/mol. The molecular weight excluding hydrogens is 685 g/mol. The van der Waals surface area contributed by atoms with Crippen LogP contribution in [0.15, 0.2) is 65.4 Å². The van der Waals surface area contributed by atoms with Crippen molar-refractivity contribution in [1.82, 2.24) is 20.0 Å². The Bertz CT molecular complexity index is 1730. The summed E-state index contributed by atoms with van der Waals surface area (Å²) >= 11 is 16.7. The molecule has 45 heavy (non-hydrogen) atoms. The molecule has 2 heterocycles. The van der Waals surface area contributed by atoms with Gasteiger partial charge in [0.2, 0.25) is 11.8 Å². The number of halogens is 3. The Balaban J connectivity index is 1.32. The number of carbonyl (C=O) groups is 3. The number of benzene rings is 2. The van der Waals surface area contributed by atoms with Gasteiger partial charge >= 0.3 is 0 Å². The number of nitrogens with one attached hydrogen (secondary N) is 2. The number of aryl methyl sites for hydroxylation is 1. The second kappa shape index (κ2) is 15.9. The van der Waals surface area contributed by atoms with Crippen LogP contribution in [0.1, 0.15) is 33.6 Å². The van der Waals surface area contributed by atoms with Gasteiger partial charge in [-0.3, -0.25) is 18.8 Å². The Morgan fingerprint density at radius 2 is 1.84 bits per heavy atom. The van der Waals surface area contributed by atoms with Gasteiger partial charge in [-0.25, -0.2) is 4.98 Å². The third-order valence-corrected chi connectivity index (χ3v) is 8.54. The lowest BCUT2D eigenvalue weighted by molar-refractivity contribution is -0.122. The molecule has 3 amide bonds. The number of hydrogen-bond acceptors (Lipinski definition) is 6. The quantitative estimate of drug-likeness (QED) is 0.133. The van der Waals surface area contributed by atoms with Crippen LogP contribution in [-0.4, -0.2) is 61.0 Å². The van der Waals surface area contributed by atoms with Crippen LogP contribution >= 0.6 is 39.1 Å². The summed E-state index contributed by atoms with van der Waals surface area (Å²) in [7, 11) is 3.17. The number of carbonyl (C=O) groups excluding carboxylic acids is 3. The average molecular weight is 717 g/mol. The van der Waals surface area contributed by atoms with Gasteiger partial charge in [-0.15, -0.1) is 0 Å². The minimum atomic E-state index is -0.456. The molecule has 236 valence electrons. The standard InChI is InChI=1S/C32H32BrCl2N5O5/c1-20-30(33)40-16-4-6-26(31(40)38-20)45-19-23-24(34)12-13-25(29(23)35)39(2)28(42)18-37-27(41)14-9-21-7-10-22(11-8-21)32(43)36-15-5-17-44-3/h4,6-14,16H,5,15,17-19H2,1-3H3,(H,36,43)(H,37,41)/b14-9+. The zero-order valence-electron chi connectivity index (χ0n) is 24.9. The number of methoxy groups -OCH3 is 1. The lowest BCUT2D eigenvalue weighted by Crippen LogP contribution is -2.37. The SMILES string of the molecule is COCCCNC(=O)c1ccc(/C=C/C(=O)NCC(=O)N(C)c2ccc(Cl)c(COc3cccn4c(Br)c(C)nc34)c2Cl)cc1. The highest BCUT2D eigenvalue weighted by molar-refractivity contribution is 9.10. The summed E-state index contributed by atoms with van der Waals surface area (Å²) in [6.07, 6.45) is 5.50. The van der Waals surface area contributed by atoms with Crippen molar-refractivity contribution in [2.45, 2.75) is 20.0 Å². The van der Waals surface area contributed by atoms with Crippen LogP contribution in [-0.2, 0) is 20.9 Å². The summed E-state index contributed by atoms with van der Waals surface area (Å²) in [6, 6.07) is 13.7. The molecule has 13 heteroatoms. The van der Waals surface area contributed by atoms with Gasteiger partial charge in [-0.2, -0.15) is 0 Å². The fourth-order valence-corrected chi connectivity index (χ4v) is 5.26. The monoisotopic (exact) mass is 715 g/mol. The number of ether oxygens (including phenoxy) is 2. The van der Waals surface area contributed by atoms with Crippen LogP contribution in [0.5, 0.6) is 5.75 Å². The molecule has 4 aromatic rings. The maximum absolute atomic E-state index is 12.9. The Morgan fingerprint density at radius 3 is 2.58 bits per heavy atom. The number of imidazole rings is 1. The molecule has 0 saturated heterocycles. The number of aromatic nitrogens is 2. The van der Waals surface area contributed by atoms with Crippen molar-refractivity contribution in [2.24, 2.45) is 0 Å². The number of anilines is 1. The van der Waals surface area contributed by atoms with E-state index in [-0.39, 0.29) is 24.1 Å². The van der Waals surface area contributed by atoms with E-state index in [0.717, 1.165) is 22.3 Å². The molecule has 0 aliphatic rings. The predicted octanol–water partition coefficient (Wildman–Crippen LogP) is 5.85. The first-order chi connectivity index (χ1) is 21.6. The van der Waals surface area contributed by atoms with Crippen molar-refractivity contribution in [3.63, 3.8) is 0 Å². The third kappa shape index (κ3) is 8.64. The Hall–Kier alpha value is -3.90. The number of fused-ring (bicyclic) bond motifs is 1. The van der Waals surface area contributed by atoms with Crippen LogP contribution in [0.4, 0.5) is 5.69 Å². The molecule has 0 atom stereocenters. The molecule has 10 nitrogen and oxygen atoms in total. The van der Waals surface area contributed by atoms with Crippen molar-refractivity contribution in [2.75, 3.05) is 38.8 Å². The van der Waals surface area contributed by atoms with Crippen LogP contribution in [0, 0.1) is 6.92 Å². The topological polar surface area (TPSA) is 114 Å². The van der Waals surface area contributed by atoms with Crippen LogP contribution < -0.4 is 20.3 Å². The molecule has 0 saturated carbocycles. The number of rotatable bonds is 13. The van der Waals surface area contributed by atoms with Gasteiger partial charge in [0.1, 0.15) is 11.2 Å². The lowest BCUT2D eigenvalue weighted by atomic mass is 10.1. The van der Waals surface area contributed by atoms with Gasteiger partial charge in [0, 0.05) is 55.7 Å². The molecule has 0 aliphatic carbocycles. The van der Waals surface area contributed by atoms with E-state index in [9.17, 15) is 14.4 Å². The van der Waals surface area contributed by atoms with Gasteiger partial charge in [0.15, 0.2) is 11.4 Å². The number of amides is 3. The average Bonchev–Trinajstić information content (AvgIpc) is 3.34. The number of nitrogens with zero attached hydrogens (tertiary/aromatic N) is 3. The molecule has 2 aromatic heterocycles. The second-order valence-corrected chi connectivity index (χ2v) is 11.5. The van der Waals surface area contributed by atoms with E-state index in [4.69, 9.17) is 32.7 Å². The summed E-state index contributed by atoms with van der Waals surface area (Å²) < 4.78 is 13.7. The van der Waals surface area contributed by atoms with Gasteiger partial charge < -0.3 is 25.0 Å². The molecule has 2 N–H and O–H groups in total. The van der Waals surface area contributed by atoms with Gasteiger partial charge in [-0.1, -0.05) is 35.3 Å². The van der Waals surface area contributed by atoms with Crippen LogP contribution in [0.3, 0.4) is 0 Å². The maximum atomic E-state index is 12.9. The highest BCUT2D eigenvalue weighted by Gasteiger charge is 2.20. The first kappa shape index (κ1) is 34.0. The molecule has 0 aliphatic heterocycles. The van der Waals surface area contributed by atoms with Gasteiger partial charge in [0.05, 0.1) is 22.9 Å². The minimum absolute atomic E-state index is 0.0400. The number of hydrogen-bond donors (Lipinski definition) is 2. The zero-order valence-corrected chi connectivity index (χ0v) is 28.0. The van der Waals surface area contributed by atoms with Crippen LogP contribution in [0.2, 0.25) is 10.0 Å². The molecule has 0 radical (unpaired) electrons. The van der Waals surface area contributed by atoms with E-state index in [1.54, 1.807) is 62.7 Å². The van der Waals surface area contributed by atoms with E-state index in [1.807, 2.05) is 23.6 Å². The lowest BCUT2D eigenvalue weighted by Gasteiger charge is -2.21. The summed E-state index contributed by atoms with van der Waals surface area (Å²) in [4.78, 5) is 43.5. The molecule has 0 fully saturated rings. The Labute approximate surface area is 279 Å². The van der Waals surface area contributed by atoms with E-state index in [2.05, 4.69) is 31.5 Å². The summed E-state index contributed by atoms with van der Waals surface area (Å²) in [6.45, 7) is 2.76. The number of pyridine rings is 1. The Kier molecular flexibility index (Phi) is 12.0.